The molecule has 0 bridgehead atoms. The van der Waals surface area contributed by atoms with Crippen LogP contribution in [-0.2, 0) is 4.79 Å². The number of likely N-dealkylation sites (N-methyl/N-ethyl adjacent to an activating group) is 1. The lowest BCUT2D eigenvalue weighted by atomic mass is 9.93. The van der Waals surface area contributed by atoms with Gasteiger partial charge in [-0.25, -0.2) is 4.79 Å². The van der Waals surface area contributed by atoms with Crippen molar-refractivity contribution in [2.24, 2.45) is 0 Å². The van der Waals surface area contributed by atoms with Crippen molar-refractivity contribution in [1.29, 1.82) is 0 Å². The van der Waals surface area contributed by atoms with Crippen molar-refractivity contribution in [3.63, 3.8) is 0 Å². The van der Waals surface area contributed by atoms with Gasteiger partial charge in [0.05, 0.1) is 0 Å². The molecule has 2 rings (SSSR count). The zero-order valence-electron chi connectivity index (χ0n) is 18.4. The monoisotopic (exact) mass is 399 g/mol. The van der Waals surface area contributed by atoms with Gasteiger partial charge in [-0.05, 0) is 72.5 Å². The van der Waals surface area contributed by atoms with Crippen molar-refractivity contribution in [2.75, 3.05) is 33.9 Å². The fraction of sp³-hybridized carbons (Fsp3) is 0.458. The molecule has 0 fully saturated rings. The predicted molar refractivity (Wildman–Crippen MR) is 117 cm³/mol. The highest BCUT2D eigenvalue weighted by Crippen LogP contribution is 2.35. The molecule has 158 valence electrons. The number of hydrogen-bond acceptors (Lipinski definition) is 4. The number of benzene rings is 2. The van der Waals surface area contributed by atoms with Gasteiger partial charge in [0, 0.05) is 6.54 Å². The van der Waals surface area contributed by atoms with Crippen LogP contribution in [-0.4, -0.2) is 49.8 Å². The van der Waals surface area contributed by atoms with E-state index in [1.54, 1.807) is 0 Å². The van der Waals surface area contributed by atoms with Gasteiger partial charge < -0.3 is 19.5 Å². The maximum absolute atomic E-state index is 10.8. The molecule has 5 heteroatoms. The summed E-state index contributed by atoms with van der Waals surface area (Å²) < 4.78 is 11.5. The lowest BCUT2D eigenvalue weighted by Gasteiger charge is -2.18. The van der Waals surface area contributed by atoms with Gasteiger partial charge in [0.25, 0.3) is 0 Å². The molecule has 0 heterocycles. The summed E-state index contributed by atoms with van der Waals surface area (Å²) in [5.74, 6) is 1.13. The third-order valence-electron chi connectivity index (χ3n) is 4.74. The normalized spacial score (nSPS) is 11.3. The van der Waals surface area contributed by atoms with E-state index in [2.05, 4.69) is 50.8 Å². The first-order chi connectivity index (χ1) is 13.7. The Kier molecular flexibility index (Phi) is 8.09. The van der Waals surface area contributed by atoms with E-state index in [9.17, 15) is 4.79 Å². The fourth-order valence-corrected chi connectivity index (χ4v) is 3.10. The van der Waals surface area contributed by atoms with Crippen LogP contribution in [0.2, 0.25) is 0 Å². The summed E-state index contributed by atoms with van der Waals surface area (Å²) in [5.41, 5.74) is 4.37. The van der Waals surface area contributed by atoms with Crippen molar-refractivity contribution < 1.29 is 19.4 Å². The van der Waals surface area contributed by atoms with E-state index in [-0.39, 0.29) is 12.5 Å². The van der Waals surface area contributed by atoms with Crippen molar-refractivity contribution in [1.82, 2.24) is 4.90 Å². The minimum atomic E-state index is -0.977. The molecule has 5 nitrogen and oxygen atoms in total. The second-order valence-electron chi connectivity index (χ2n) is 8.15. The molecule has 29 heavy (non-hydrogen) atoms. The summed E-state index contributed by atoms with van der Waals surface area (Å²) in [7, 11) is 4.07. The van der Waals surface area contributed by atoms with Gasteiger partial charge in [-0.15, -0.1) is 0 Å². The van der Waals surface area contributed by atoms with Crippen LogP contribution in [0, 0.1) is 0 Å². The van der Waals surface area contributed by atoms with Crippen molar-refractivity contribution in [3.8, 4) is 22.6 Å². The molecule has 0 aromatic heterocycles. The fourth-order valence-electron chi connectivity index (χ4n) is 3.10. The molecule has 0 saturated heterocycles. The third kappa shape index (κ3) is 6.50. The van der Waals surface area contributed by atoms with Crippen LogP contribution >= 0.6 is 0 Å². The van der Waals surface area contributed by atoms with Crippen molar-refractivity contribution in [2.45, 2.75) is 39.5 Å². The van der Waals surface area contributed by atoms with Crippen LogP contribution in [0.25, 0.3) is 11.1 Å². The third-order valence-corrected chi connectivity index (χ3v) is 4.74. The SMILES string of the molecule is CC(C)c1cc(-c2ccc(OCC(=O)O)c(C(C)C)c2)ccc1OCCN(C)C. The lowest BCUT2D eigenvalue weighted by molar-refractivity contribution is -0.139. The standard InChI is InChI=1S/C24H33NO4/c1-16(2)20-13-18(7-9-22(20)28-12-11-25(5)6)19-8-10-23(29-15-24(26)27)21(14-19)17(3)4/h7-10,13-14,16-17H,11-12,15H2,1-6H3,(H,26,27). The number of carboxylic acids is 1. The summed E-state index contributed by atoms with van der Waals surface area (Å²) in [6, 6.07) is 12.2. The van der Waals surface area contributed by atoms with E-state index >= 15 is 0 Å². The Bertz CT molecular complexity index is 828. The zero-order chi connectivity index (χ0) is 21.6. The van der Waals surface area contributed by atoms with Crippen LogP contribution in [0.15, 0.2) is 36.4 Å². The molecule has 0 spiro atoms. The topological polar surface area (TPSA) is 59.0 Å². The molecule has 0 amide bonds. The van der Waals surface area contributed by atoms with Gasteiger partial charge in [0.15, 0.2) is 6.61 Å². The Morgan fingerprint density at radius 1 is 0.897 bits per heavy atom. The molecule has 0 aliphatic carbocycles. The maximum Gasteiger partial charge on any atom is 0.341 e. The number of nitrogens with zero attached hydrogens (tertiary/aromatic N) is 1. The summed E-state index contributed by atoms with van der Waals surface area (Å²) in [5, 5.41) is 8.90. The molecule has 0 saturated carbocycles. The van der Waals surface area contributed by atoms with Crippen LogP contribution in [0.1, 0.15) is 50.7 Å². The Balaban J connectivity index is 2.34. The van der Waals surface area contributed by atoms with Crippen LogP contribution in [0.3, 0.4) is 0 Å². The predicted octanol–water partition coefficient (Wildman–Crippen LogP) is 5.00. The molecular formula is C24H33NO4. The van der Waals surface area contributed by atoms with Crippen LogP contribution < -0.4 is 9.47 Å². The van der Waals surface area contributed by atoms with Gasteiger partial charge in [0.2, 0.25) is 0 Å². The van der Waals surface area contributed by atoms with Crippen molar-refractivity contribution in [3.05, 3.63) is 47.5 Å². The molecular weight excluding hydrogens is 366 g/mol. The van der Waals surface area contributed by atoms with E-state index in [1.807, 2.05) is 32.3 Å². The van der Waals surface area contributed by atoms with Gasteiger partial charge in [0.1, 0.15) is 18.1 Å². The molecule has 1 N–H and O–H groups in total. The first kappa shape index (κ1) is 22.8. The Hall–Kier alpha value is -2.53. The van der Waals surface area contributed by atoms with Gasteiger partial charge in [-0.2, -0.15) is 0 Å². The van der Waals surface area contributed by atoms with Gasteiger partial charge in [-0.3, -0.25) is 0 Å². The molecule has 2 aromatic carbocycles. The minimum Gasteiger partial charge on any atom is -0.492 e. The molecule has 0 aliphatic rings. The minimum absolute atomic E-state index is 0.219. The lowest BCUT2D eigenvalue weighted by Crippen LogP contribution is -2.19. The van der Waals surface area contributed by atoms with Gasteiger partial charge in [-0.1, -0.05) is 39.8 Å². The second kappa shape index (κ2) is 10.3. The number of hydrogen-bond donors (Lipinski definition) is 1. The number of aliphatic carboxylic acids is 1. The average Bonchev–Trinajstić information content (AvgIpc) is 2.65. The molecule has 0 unspecified atom stereocenters. The number of carbonyl (C=O) groups is 1. The van der Waals surface area contributed by atoms with E-state index in [0.29, 0.717) is 18.3 Å². The first-order valence-electron chi connectivity index (χ1n) is 10.1. The highest BCUT2D eigenvalue weighted by Gasteiger charge is 2.14. The smallest absolute Gasteiger partial charge is 0.341 e. The zero-order valence-corrected chi connectivity index (χ0v) is 18.4. The Labute approximate surface area is 174 Å². The van der Waals surface area contributed by atoms with Gasteiger partial charge >= 0.3 is 5.97 Å². The molecule has 0 aliphatic heterocycles. The average molecular weight is 400 g/mol. The van der Waals surface area contributed by atoms with E-state index in [4.69, 9.17) is 14.6 Å². The molecule has 0 radical (unpaired) electrons. The van der Waals surface area contributed by atoms with E-state index in [1.165, 1.54) is 5.56 Å². The van der Waals surface area contributed by atoms with Crippen LogP contribution in [0.4, 0.5) is 0 Å². The first-order valence-corrected chi connectivity index (χ1v) is 10.1. The number of rotatable bonds is 10. The summed E-state index contributed by atoms with van der Waals surface area (Å²) in [6.07, 6.45) is 0. The summed E-state index contributed by atoms with van der Waals surface area (Å²) >= 11 is 0. The molecule has 2 aromatic rings. The summed E-state index contributed by atoms with van der Waals surface area (Å²) in [4.78, 5) is 13.0. The highest BCUT2D eigenvalue weighted by atomic mass is 16.5. The quantitative estimate of drug-likeness (QED) is 0.609. The highest BCUT2D eigenvalue weighted by molar-refractivity contribution is 5.70. The van der Waals surface area contributed by atoms with E-state index < -0.39 is 5.97 Å². The number of carboxylic acid groups (broad SMARTS) is 1. The Morgan fingerprint density at radius 2 is 1.38 bits per heavy atom. The maximum atomic E-state index is 10.8. The summed E-state index contributed by atoms with van der Waals surface area (Å²) in [6.45, 7) is 9.67. The van der Waals surface area contributed by atoms with E-state index in [0.717, 1.165) is 29.0 Å². The van der Waals surface area contributed by atoms with Crippen molar-refractivity contribution >= 4 is 5.97 Å². The molecule has 0 atom stereocenters. The Morgan fingerprint density at radius 3 is 1.79 bits per heavy atom. The van der Waals surface area contributed by atoms with Crippen LogP contribution in [0.5, 0.6) is 11.5 Å². The second-order valence-corrected chi connectivity index (χ2v) is 8.15. The number of ether oxygens (including phenoxy) is 2. The largest absolute Gasteiger partial charge is 0.492 e.